The average Bonchev–Trinajstić information content (AvgIpc) is 3.09. The number of hydrogen-bond acceptors (Lipinski definition) is 8. The number of nitrogens with zero attached hydrogens (tertiary/aromatic N) is 2. The maximum absolute atomic E-state index is 12.3. The molecule has 1 aromatic carbocycles. The maximum atomic E-state index is 12.3. The molecular formula is C18H24MnN6O3S4. The molecule has 0 unspecified atom stereocenters. The summed E-state index contributed by atoms with van der Waals surface area (Å²) in [7, 11) is 1.25. The van der Waals surface area contributed by atoms with Crippen molar-refractivity contribution in [2.45, 2.75) is 19.8 Å². The molecule has 1 heterocycles. The van der Waals surface area contributed by atoms with Crippen LogP contribution in [-0.2, 0) is 47.1 Å². The zero-order valence-electron chi connectivity index (χ0n) is 17.5. The Kier molecular flexibility index (Phi) is 15.8. The predicted molar refractivity (Wildman–Crippen MR) is 135 cm³/mol. The van der Waals surface area contributed by atoms with E-state index in [2.05, 4.69) is 80.7 Å². The summed E-state index contributed by atoms with van der Waals surface area (Å²) in [6.07, 6.45) is 1.20. The molecule has 0 bridgehead atoms. The van der Waals surface area contributed by atoms with Crippen molar-refractivity contribution >= 4 is 87.4 Å². The van der Waals surface area contributed by atoms with Gasteiger partial charge in [-0.15, -0.1) is 0 Å². The fourth-order valence-corrected chi connectivity index (χ4v) is 2.65. The first-order valence-corrected chi connectivity index (χ1v) is 10.9. The largest absolute Gasteiger partial charge is 2.00 e. The number of carbonyl (C=O) groups excluding carboxylic acids is 2. The number of rotatable bonds is 7. The van der Waals surface area contributed by atoms with Gasteiger partial charge in [-0.25, -0.2) is 19.1 Å². The van der Waals surface area contributed by atoms with Gasteiger partial charge in [-0.1, -0.05) is 34.1 Å². The standard InChI is InChI=1S/C14H18N4O3.C4H8N2S4.Mn/c1-3-4-9-15-13(19)18-11-8-6-5-7-10(11)16-12(18)17-14(20)21-2;7-3(8)5-1-2-6-4(9)10;/h5-8H,3-4,9H2,1-2H3,(H,15,19)(H,16,17,20);1-2H2,(H2,5,7,8)(H2,6,9,10);/q;;+2/p-2. The molecule has 0 saturated carbocycles. The van der Waals surface area contributed by atoms with Crippen LogP contribution < -0.4 is 21.3 Å². The van der Waals surface area contributed by atoms with Crippen molar-refractivity contribution in [3.8, 4) is 0 Å². The molecule has 0 saturated heterocycles. The van der Waals surface area contributed by atoms with Gasteiger partial charge in [0.15, 0.2) is 0 Å². The first-order valence-electron chi connectivity index (χ1n) is 9.30. The Labute approximate surface area is 219 Å². The topological polar surface area (TPSA) is 109 Å². The minimum atomic E-state index is -0.673. The molecule has 2 amide bonds. The average molecular weight is 556 g/mol. The summed E-state index contributed by atoms with van der Waals surface area (Å²) in [6.45, 7) is 3.95. The Morgan fingerprint density at radius 2 is 1.66 bits per heavy atom. The van der Waals surface area contributed by atoms with Gasteiger partial charge < -0.3 is 70.4 Å². The van der Waals surface area contributed by atoms with Crippen LogP contribution in [0.2, 0.25) is 0 Å². The number of nitrogens with one attached hydrogen (secondary N) is 4. The SMILES string of the molecule is CCCCNC(=O)n1c(NC(=O)OC)nc2ccccc21.S=C([S-])NCCNC(=S)[S-].[Mn+2]. The van der Waals surface area contributed by atoms with Crippen LogP contribution >= 0.6 is 24.4 Å². The molecule has 0 spiro atoms. The van der Waals surface area contributed by atoms with Gasteiger partial charge in [0.25, 0.3) is 0 Å². The van der Waals surface area contributed by atoms with E-state index in [1.165, 1.54) is 11.7 Å². The van der Waals surface area contributed by atoms with Gasteiger partial charge in [-0.3, -0.25) is 5.32 Å². The molecular weight excluding hydrogens is 531 g/mol. The number of para-hydroxylation sites is 2. The van der Waals surface area contributed by atoms with E-state index < -0.39 is 6.09 Å². The van der Waals surface area contributed by atoms with Crippen LogP contribution in [0.3, 0.4) is 0 Å². The molecule has 0 fully saturated rings. The van der Waals surface area contributed by atoms with Crippen LogP contribution in [0, 0.1) is 0 Å². The van der Waals surface area contributed by atoms with Crippen molar-refractivity contribution in [3.05, 3.63) is 24.3 Å². The van der Waals surface area contributed by atoms with Gasteiger partial charge in [-0.2, -0.15) is 0 Å². The molecule has 32 heavy (non-hydrogen) atoms. The van der Waals surface area contributed by atoms with Crippen molar-refractivity contribution in [1.82, 2.24) is 25.5 Å². The second kappa shape index (κ2) is 16.8. The van der Waals surface area contributed by atoms with Crippen LogP contribution in [0.5, 0.6) is 0 Å². The fraction of sp³-hybridized carbons (Fsp3) is 0.389. The molecule has 1 aromatic heterocycles. The molecule has 1 radical (unpaired) electrons. The quantitative estimate of drug-likeness (QED) is 0.176. The maximum Gasteiger partial charge on any atom is 2.00 e. The summed E-state index contributed by atoms with van der Waals surface area (Å²) >= 11 is 18.4. The van der Waals surface area contributed by atoms with Gasteiger partial charge in [0.2, 0.25) is 5.95 Å². The minimum Gasteiger partial charge on any atom is -0.453 e. The molecule has 0 atom stereocenters. The molecule has 0 aliphatic carbocycles. The molecule has 2 aromatic rings. The Bertz CT molecular complexity index is 896. The third-order valence-electron chi connectivity index (χ3n) is 3.63. The summed E-state index contributed by atoms with van der Waals surface area (Å²) in [5.41, 5.74) is 1.24. The first-order chi connectivity index (χ1) is 14.8. The number of imidazole rings is 1. The third kappa shape index (κ3) is 11.2. The van der Waals surface area contributed by atoms with E-state index in [0.29, 0.717) is 39.3 Å². The van der Waals surface area contributed by atoms with E-state index in [0.717, 1.165) is 12.8 Å². The van der Waals surface area contributed by atoms with Crippen molar-refractivity contribution in [2.24, 2.45) is 0 Å². The molecule has 2 rings (SSSR count). The van der Waals surface area contributed by atoms with Gasteiger partial charge >= 0.3 is 29.2 Å². The number of ether oxygens (including phenoxy) is 1. The number of fused-ring (bicyclic) bond motifs is 1. The van der Waals surface area contributed by atoms with Gasteiger partial charge in [-0.05, 0) is 18.6 Å². The number of thiocarbonyl (C=S) groups is 2. The van der Waals surface area contributed by atoms with E-state index in [1.807, 2.05) is 19.1 Å². The van der Waals surface area contributed by atoms with Gasteiger partial charge in [0, 0.05) is 19.6 Å². The van der Waals surface area contributed by atoms with E-state index in [-0.39, 0.29) is 29.0 Å². The number of methoxy groups -OCH3 is 1. The van der Waals surface area contributed by atoms with Crippen LogP contribution in [0.15, 0.2) is 24.3 Å². The normalized spacial score (nSPS) is 9.44. The van der Waals surface area contributed by atoms with Gasteiger partial charge in [0.1, 0.15) is 0 Å². The minimum absolute atomic E-state index is 0. The zero-order chi connectivity index (χ0) is 23.2. The van der Waals surface area contributed by atoms with Crippen molar-refractivity contribution in [1.29, 1.82) is 0 Å². The molecule has 9 nitrogen and oxygen atoms in total. The second-order valence-corrected chi connectivity index (χ2v) is 8.04. The molecule has 14 heteroatoms. The predicted octanol–water partition coefficient (Wildman–Crippen LogP) is 2.40. The molecule has 0 aliphatic heterocycles. The first kappa shape index (κ1) is 30.2. The zero-order valence-corrected chi connectivity index (χ0v) is 21.9. The number of carbonyl (C=O) groups is 2. The number of anilines is 1. The summed E-state index contributed by atoms with van der Waals surface area (Å²) in [5.74, 6) is 0.136. The van der Waals surface area contributed by atoms with E-state index in [4.69, 9.17) is 0 Å². The number of amides is 2. The fourth-order valence-electron chi connectivity index (χ4n) is 2.24. The number of benzene rings is 1. The van der Waals surface area contributed by atoms with Crippen LogP contribution in [-0.4, -0.2) is 57.1 Å². The molecule has 0 aliphatic rings. The van der Waals surface area contributed by atoms with Crippen molar-refractivity contribution in [3.63, 3.8) is 0 Å². The Balaban J connectivity index is 0.000000747. The Morgan fingerprint density at radius 3 is 2.19 bits per heavy atom. The molecule has 175 valence electrons. The molecule has 4 N–H and O–H groups in total. The number of aromatic nitrogens is 2. The number of hydrogen-bond donors (Lipinski definition) is 4. The summed E-state index contributed by atoms with van der Waals surface area (Å²) in [6, 6.07) is 6.83. The Hall–Kier alpha value is -1.83. The smallest absolute Gasteiger partial charge is 0.453 e. The van der Waals surface area contributed by atoms with Crippen LogP contribution in [0.25, 0.3) is 11.0 Å². The van der Waals surface area contributed by atoms with Crippen LogP contribution in [0.1, 0.15) is 19.8 Å². The van der Waals surface area contributed by atoms with Crippen molar-refractivity contribution < 1.29 is 31.4 Å². The summed E-state index contributed by atoms with van der Waals surface area (Å²) in [4.78, 5) is 27.9. The summed E-state index contributed by atoms with van der Waals surface area (Å²) < 4.78 is 6.63. The monoisotopic (exact) mass is 555 g/mol. The third-order valence-corrected chi connectivity index (χ3v) is 4.21. The van der Waals surface area contributed by atoms with Crippen LogP contribution in [0.4, 0.5) is 15.5 Å². The van der Waals surface area contributed by atoms with Gasteiger partial charge in [0.05, 0.1) is 18.1 Å². The van der Waals surface area contributed by atoms with E-state index in [1.54, 1.807) is 12.1 Å². The van der Waals surface area contributed by atoms with Crippen molar-refractivity contribution in [2.75, 3.05) is 32.1 Å². The number of unbranched alkanes of at least 4 members (excludes halogenated alkanes) is 1. The second-order valence-electron chi connectivity index (χ2n) is 5.89. The Morgan fingerprint density at radius 1 is 1.06 bits per heavy atom. The van der Waals surface area contributed by atoms with E-state index in [9.17, 15) is 9.59 Å². The van der Waals surface area contributed by atoms with E-state index >= 15 is 0 Å². The summed E-state index contributed by atoms with van der Waals surface area (Å²) in [5, 5.41) is 10.8.